The van der Waals surface area contributed by atoms with Gasteiger partial charge in [-0.15, -0.1) is 0 Å². The van der Waals surface area contributed by atoms with E-state index in [-0.39, 0.29) is 0 Å². The highest BCUT2D eigenvalue weighted by Crippen LogP contribution is 2.63. The van der Waals surface area contributed by atoms with Crippen molar-refractivity contribution in [3.05, 3.63) is 221 Å². The molecule has 0 heterocycles. The molecule has 0 amide bonds. The average molecular weight is 1170 g/mol. The maximum Gasteiger partial charge on any atom is 0.0714 e. The molecule has 0 nitrogen and oxygen atoms in total. The van der Waals surface area contributed by atoms with E-state index in [4.69, 9.17) is 0 Å². The Balaban J connectivity index is 1.20. The van der Waals surface area contributed by atoms with Gasteiger partial charge in [-0.2, -0.15) is 0 Å². The minimum atomic E-state index is -0.530. The molecular weight excluding hydrogens is 1070 g/mol. The van der Waals surface area contributed by atoms with Crippen LogP contribution in [0.3, 0.4) is 0 Å². The number of unbranched alkanes of at least 4 members (excludes halogenated alkanes) is 20. The predicted octanol–water partition coefficient (Wildman–Crippen LogP) is 23.5. The van der Waals surface area contributed by atoms with E-state index in [1.165, 1.54) is 243 Å². The van der Waals surface area contributed by atoms with Crippen molar-refractivity contribution < 1.29 is 0 Å². The van der Waals surface area contributed by atoms with Crippen molar-refractivity contribution in [1.82, 2.24) is 0 Å². The zero-order valence-corrected chi connectivity index (χ0v) is 51.6. The Labute approximate surface area is 490 Å². The second-order valence-electron chi connectivity index (χ2n) is 23.7. The predicted molar refractivity (Wildman–Crippen MR) is 345 cm³/mol. The van der Waals surface area contributed by atoms with E-state index < -0.39 is 10.8 Å². The average Bonchev–Trinajstić information content (AvgIpc) is 3.62. The minimum Gasteiger partial charge on any atom is -0.0654 e. The van der Waals surface area contributed by atoms with Gasteiger partial charge in [0.2, 0.25) is 0 Å². The van der Waals surface area contributed by atoms with Gasteiger partial charge in [-0.05, 0) is 177 Å². The second kappa shape index (κ2) is 28.8. The third-order valence-electron chi connectivity index (χ3n) is 18.1. The zero-order chi connectivity index (χ0) is 54.2. The molecule has 0 aliphatic heterocycles. The molecule has 2 aliphatic carbocycles. The fraction of sp³-hybridized carbons (Fsp3) is 0.447. The molecule has 0 spiro atoms. The van der Waals surface area contributed by atoms with Crippen LogP contribution < -0.4 is 0 Å². The van der Waals surface area contributed by atoms with Crippen LogP contribution in [0.2, 0.25) is 0 Å². The van der Waals surface area contributed by atoms with Crippen molar-refractivity contribution in [2.45, 2.75) is 218 Å². The molecule has 7 aromatic carbocycles. The number of fused-ring (bicyclic) bond motifs is 6. The molecule has 0 saturated heterocycles. The summed E-state index contributed by atoms with van der Waals surface area (Å²) in [4.78, 5) is 0. The van der Waals surface area contributed by atoms with Gasteiger partial charge < -0.3 is 0 Å². The first-order valence-corrected chi connectivity index (χ1v) is 33.1. The van der Waals surface area contributed by atoms with Crippen LogP contribution in [0.1, 0.15) is 249 Å². The first-order valence-electron chi connectivity index (χ1n) is 31.5. The van der Waals surface area contributed by atoms with Crippen LogP contribution in [-0.4, -0.2) is 0 Å². The van der Waals surface area contributed by atoms with Crippen molar-refractivity contribution in [3.63, 3.8) is 0 Å². The van der Waals surface area contributed by atoms with Crippen molar-refractivity contribution in [2.24, 2.45) is 0 Å². The standard InChI is InChI=1S/C76H92Br2/c1-5-9-13-17-21-25-29-57-33-41-61(42-34-57)75(62-43-35-58(36-44-62)30-26-22-18-14-10-6-2)71-53-65(77)49-51-67(71)69-56-74-70(55-73(69)75)68-52-50-66(78)54-72(68)76(74,63-45-37-59(38-46-63)31-27-23-19-15-11-7-3)64-47-39-60(40-48-64)32-28-24-20-16-12-8-4/h33-56H,5-32H2,1-4H3. The van der Waals surface area contributed by atoms with E-state index >= 15 is 0 Å². The third kappa shape index (κ3) is 13.0. The maximum absolute atomic E-state index is 4.06. The smallest absolute Gasteiger partial charge is 0.0654 e. The van der Waals surface area contributed by atoms with Crippen LogP contribution >= 0.6 is 31.9 Å². The van der Waals surface area contributed by atoms with Crippen LogP contribution in [0, 0.1) is 0 Å². The van der Waals surface area contributed by atoms with Gasteiger partial charge in [0.25, 0.3) is 0 Å². The van der Waals surface area contributed by atoms with Crippen molar-refractivity contribution >= 4 is 31.9 Å². The Bertz CT molecular complexity index is 2630. The van der Waals surface area contributed by atoms with Crippen molar-refractivity contribution in [2.75, 3.05) is 0 Å². The molecule has 2 aliphatic rings. The fourth-order valence-electron chi connectivity index (χ4n) is 13.8. The van der Waals surface area contributed by atoms with Gasteiger partial charge in [-0.1, -0.05) is 297 Å². The number of hydrogen-bond donors (Lipinski definition) is 0. The van der Waals surface area contributed by atoms with E-state index in [0.29, 0.717) is 0 Å². The second-order valence-corrected chi connectivity index (χ2v) is 25.5. The normalized spacial score (nSPS) is 13.6. The Hall–Kier alpha value is -4.50. The quantitative estimate of drug-likeness (QED) is 0.0369. The number of benzene rings is 7. The van der Waals surface area contributed by atoms with Crippen LogP contribution in [0.4, 0.5) is 0 Å². The van der Waals surface area contributed by atoms with Gasteiger partial charge in [-0.25, -0.2) is 0 Å². The summed E-state index contributed by atoms with van der Waals surface area (Å²) in [7, 11) is 0. The molecule has 0 atom stereocenters. The Morgan fingerprint density at radius 2 is 0.474 bits per heavy atom. The molecule has 7 aromatic rings. The molecule has 78 heavy (non-hydrogen) atoms. The highest BCUT2D eigenvalue weighted by Gasteiger charge is 2.51. The monoisotopic (exact) mass is 1160 g/mol. The highest BCUT2D eigenvalue weighted by molar-refractivity contribution is 9.10. The van der Waals surface area contributed by atoms with Gasteiger partial charge >= 0.3 is 0 Å². The lowest BCUT2D eigenvalue weighted by Crippen LogP contribution is -2.30. The molecule has 410 valence electrons. The van der Waals surface area contributed by atoms with Gasteiger partial charge in [-0.3, -0.25) is 0 Å². The van der Waals surface area contributed by atoms with Crippen LogP contribution in [0.5, 0.6) is 0 Å². The van der Waals surface area contributed by atoms with Gasteiger partial charge in [0.05, 0.1) is 10.8 Å². The maximum atomic E-state index is 4.06. The Morgan fingerprint density at radius 3 is 0.731 bits per heavy atom. The Morgan fingerprint density at radius 1 is 0.244 bits per heavy atom. The number of rotatable bonds is 32. The summed E-state index contributed by atoms with van der Waals surface area (Å²) in [6, 6.07) is 59.3. The molecular formula is C76H92Br2. The first-order chi connectivity index (χ1) is 38.4. The lowest BCUT2D eigenvalue weighted by molar-refractivity contribution is 0.607. The third-order valence-corrected chi connectivity index (χ3v) is 19.1. The van der Waals surface area contributed by atoms with Gasteiger partial charge in [0, 0.05) is 8.95 Å². The lowest BCUT2D eigenvalue weighted by Gasteiger charge is -2.36. The molecule has 0 saturated carbocycles. The van der Waals surface area contributed by atoms with E-state index in [2.05, 4.69) is 205 Å². The fourth-order valence-corrected chi connectivity index (χ4v) is 14.5. The molecule has 0 N–H and O–H groups in total. The van der Waals surface area contributed by atoms with Crippen molar-refractivity contribution in [3.8, 4) is 22.3 Å². The number of halogens is 2. The summed E-state index contributed by atoms with van der Waals surface area (Å²) in [5, 5.41) is 0. The number of hydrogen-bond acceptors (Lipinski definition) is 0. The van der Waals surface area contributed by atoms with E-state index in [1.54, 1.807) is 0 Å². The summed E-state index contributed by atoms with van der Waals surface area (Å²) >= 11 is 8.12. The van der Waals surface area contributed by atoms with E-state index in [9.17, 15) is 0 Å². The van der Waals surface area contributed by atoms with Gasteiger partial charge in [0.15, 0.2) is 0 Å². The van der Waals surface area contributed by atoms with Crippen LogP contribution in [-0.2, 0) is 36.5 Å². The van der Waals surface area contributed by atoms with Gasteiger partial charge in [0.1, 0.15) is 0 Å². The van der Waals surface area contributed by atoms with Crippen LogP contribution in [0.25, 0.3) is 22.3 Å². The first kappa shape index (κ1) is 58.2. The topological polar surface area (TPSA) is 0 Å². The van der Waals surface area contributed by atoms with Crippen molar-refractivity contribution in [1.29, 1.82) is 0 Å². The molecule has 0 aromatic heterocycles. The summed E-state index contributed by atoms with van der Waals surface area (Å²) < 4.78 is 2.24. The van der Waals surface area contributed by atoms with E-state index in [0.717, 1.165) is 34.6 Å². The summed E-state index contributed by atoms with van der Waals surface area (Å²) in [6.45, 7) is 9.24. The minimum absolute atomic E-state index is 0.530. The molecule has 9 rings (SSSR count). The van der Waals surface area contributed by atoms with E-state index in [1.807, 2.05) is 0 Å². The molecule has 2 heteroatoms. The molecule has 0 bridgehead atoms. The lowest BCUT2D eigenvalue weighted by atomic mass is 9.65. The molecule has 0 radical (unpaired) electrons. The number of aryl methyl sites for hydroxylation is 4. The summed E-state index contributed by atoms with van der Waals surface area (Å²) in [5.41, 5.74) is 21.0. The summed E-state index contributed by atoms with van der Waals surface area (Å²) in [5.74, 6) is 0. The zero-order valence-electron chi connectivity index (χ0n) is 48.4. The van der Waals surface area contributed by atoms with Crippen LogP contribution in [0.15, 0.2) is 155 Å². The molecule has 0 fully saturated rings. The SMILES string of the molecule is CCCCCCCCc1ccc(C2(c3ccc(CCCCCCCC)cc3)c3cc(Br)ccc3-c3cc4c(cc32)-c2ccc(Br)cc2C4(c2ccc(CCCCCCCC)cc2)c2ccc(CCCCCCCC)cc2)cc1. The Kier molecular flexibility index (Phi) is 21.5. The largest absolute Gasteiger partial charge is 0.0714 e. The summed E-state index contributed by atoms with van der Waals surface area (Å²) in [6.07, 6.45) is 36.1. The molecule has 0 unspecified atom stereocenters. The highest BCUT2D eigenvalue weighted by atomic mass is 79.9.